The van der Waals surface area contributed by atoms with E-state index in [0.717, 1.165) is 42.6 Å². The van der Waals surface area contributed by atoms with Gasteiger partial charge in [-0.15, -0.1) is 13.2 Å². The van der Waals surface area contributed by atoms with Gasteiger partial charge in [0.25, 0.3) is 5.91 Å². The fourth-order valence-corrected chi connectivity index (χ4v) is 5.32. The lowest BCUT2D eigenvalue weighted by atomic mass is 9.72. The van der Waals surface area contributed by atoms with Crippen LogP contribution >= 0.6 is 0 Å². The van der Waals surface area contributed by atoms with Crippen molar-refractivity contribution in [1.82, 2.24) is 0 Å². The Bertz CT molecular complexity index is 1030. The highest BCUT2D eigenvalue weighted by molar-refractivity contribution is 6.07. The van der Waals surface area contributed by atoms with Crippen molar-refractivity contribution in [3.8, 4) is 5.75 Å². The molecule has 2 aromatic rings. The summed E-state index contributed by atoms with van der Waals surface area (Å²) < 4.78 is 41.3. The van der Waals surface area contributed by atoms with Crippen molar-refractivity contribution in [2.24, 2.45) is 11.7 Å². The second-order valence-corrected chi connectivity index (χ2v) is 8.59. The summed E-state index contributed by atoms with van der Waals surface area (Å²) in [6.07, 6.45) is -1.93. The normalized spacial score (nSPS) is 22.9. The first-order valence-electron chi connectivity index (χ1n) is 10.9. The Kier molecular flexibility index (Phi) is 6.34. The lowest BCUT2D eigenvalue weighted by molar-refractivity contribution is -0.274. The van der Waals surface area contributed by atoms with Crippen LogP contribution in [-0.4, -0.2) is 35.4 Å². The van der Waals surface area contributed by atoms with Gasteiger partial charge in [0, 0.05) is 35.7 Å². The molecule has 1 saturated carbocycles. The van der Waals surface area contributed by atoms with Crippen LogP contribution in [0, 0.1) is 5.92 Å². The molecule has 0 saturated heterocycles. The minimum atomic E-state index is -4.80. The number of hydrogen-bond acceptors (Lipinski definition) is 4. The van der Waals surface area contributed by atoms with Crippen LogP contribution in [0.3, 0.4) is 0 Å². The number of carbonyl (C=O) groups is 2. The highest BCUT2D eigenvalue weighted by Gasteiger charge is 2.47. The van der Waals surface area contributed by atoms with Gasteiger partial charge in [-0.25, -0.2) is 0 Å². The molecule has 9 heteroatoms. The van der Waals surface area contributed by atoms with Gasteiger partial charge in [0.05, 0.1) is 0 Å². The maximum atomic E-state index is 13.5. The SMILES string of the molecule is NC(CCC(=O)O)C1c2ccccc2N(C(=O)c2ccc(OC(F)(F)F)cc2)C2CCCC12. The Morgan fingerprint density at radius 1 is 1.12 bits per heavy atom. The monoisotopic (exact) mass is 462 g/mol. The Labute approximate surface area is 189 Å². The zero-order valence-corrected chi connectivity index (χ0v) is 17.8. The quantitative estimate of drug-likeness (QED) is 0.650. The third-order valence-electron chi connectivity index (χ3n) is 6.59. The number of carboxylic acids is 1. The summed E-state index contributed by atoms with van der Waals surface area (Å²) in [7, 11) is 0. The topological polar surface area (TPSA) is 92.9 Å². The Balaban J connectivity index is 1.66. The molecule has 1 heterocycles. The predicted octanol–water partition coefficient (Wildman–Crippen LogP) is 4.69. The fourth-order valence-electron chi connectivity index (χ4n) is 5.32. The lowest BCUT2D eigenvalue weighted by Crippen LogP contribution is -2.51. The molecule has 0 aromatic heterocycles. The largest absolute Gasteiger partial charge is 0.573 e. The number of carboxylic acid groups (broad SMARTS) is 1. The molecule has 33 heavy (non-hydrogen) atoms. The van der Waals surface area contributed by atoms with Crippen molar-refractivity contribution < 1.29 is 32.6 Å². The summed E-state index contributed by atoms with van der Waals surface area (Å²) in [5, 5.41) is 9.09. The first kappa shape index (κ1) is 23.1. The van der Waals surface area contributed by atoms with Crippen molar-refractivity contribution in [3.05, 3.63) is 59.7 Å². The maximum absolute atomic E-state index is 13.5. The lowest BCUT2D eigenvalue weighted by Gasteiger charge is -2.45. The van der Waals surface area contributed by atoms with Gasteiger partial charge in [0.2, 0.25) is 0 Å². The van der Waals surface area contributed by atoms with Crippen molar-refractivity contribution in [2.45, 2.75) is 56.5 Å². The fraction of sp³-hybridized carbons (Fsp3) is 0.417. The van der Waals surface area contributed by atoms with E-state index in [9.17, 15) is 22.8 Å². The van der Waals surface area contributed by atoms with Crippen LogP contribution in [0.4, 0.5) is 18.9 Å². The van der Waals surface area contributed by atoms with E-state index in [0.29, 0.717) is 6.42 Å². The van der Waals surface area contributed by atoms with Crippen molar-refractivity contribution >= 4 is 17.6 Å². The number of carbonyl (C=O) groups excluding carboxylic acids is 1. The molecule has 2 aromatic carbocycles. The Morgan fingerprint density at radius 2 is 1.82 bits per heavy atom. The van der Waals surface area contributed by atoms with Crippen LogP contribution in [0.25, 0.3) is 0 Å². The number of rotatable bonds is 6. The summed E-state index contributed by atoms with van der Waals surface area (Å²) in [4.78, 5) is 26.4. The molecule has 4 unspecified atom stereocenters. The molecule has 1 aliphatic carbocycles. The number of benzene rings is 2. The van der Waals surface area contributed by atoms with Crippen LogP contribution in [0.15, 0.2) is 48.5 Å². The van der Waals surface area contributed by atoms with Crippen LogP contribution in [0.1, 0.15) is 53.9 Å². The first-order valence-corrected chi connectivity index (χ1v) is 10.9. The van der Waals surface area contributed by atoms with Crippen LogP contribution in [0.5, 0.6) is 5.75 Å². The zero-order chi connectivity index (χ0) is 23.8. The molecule has 0 radical (unpaired) electrons. The summed E-state index contributed by atoms with van der Waals surface area (Å²) >= 11 is 0. The molecular formula is C24H25F3N2O4. The van der Waals surface area contributed by atoms with Crippen molar-refractivity contribution in [3.63, 3.8) is 0 Å². The molecule has 2 aliphatic rings. The minimum Gasteiger partial charge on any atom is -0.481 e. The zero-order valence-electron chi connectivity index (χ0n) is 17.8. The highest BCUT2D eigenvalue weighted by atomic mass is 19.4. The van der Waals surface area contributed by atoms with Gasteiger partial charge in [-0.2, -0.15) is 0 Å². The van der Waals surface area contributed by atoms with E-state index in [1.807, 2.05) is 24.3 Å². The van der Waals surface area contributed by atoms with Gasteiger partial charge in [-0.3, -0.25) is 9.59 Å². The van der Waals surface area contributed by atoms with E-state index in [1.165, 1.54) is 12.1 Å². The van der Waals surface area contributed by atoms with E-state index in [2.05, 4.69) is 4.74 Å². The molecule has 0 spiro atoms. The second kappa shape index (κ2) is 9.05. The number of nitrogens with zero attached hydrogens (tertiary/aromatic N) is 1. The van der Waals surface area contributed by atoms with E-state index in [4.69, 9.17) is 10.8 Å². The number of alkyl halides is 3. The molecule has 0 bridgehead atoms. The van der Waals surface area contributed by atoms with Crippen LogP contribution < -0.4 is 15.4 Å². The van der Waals surface area contributed by atoms with Gasteiger partial charge in [0.15, 0.2) is 0 Å². The van der Waals surface area contributed by atoms with E-state index in [1.54, 1.807) is 4.90 Å². The van der Waals surface area contributed by atoms with Gasteiger partial charge in [-0.05, 0) is 61.1 Å². The number of para-hydroxylation sites is 1. The Hall–Kier alpha value is -3.07. The first-order chi connectivity index (χ1) is 15.7. The van der Waals surface area contributed by atoms with E-state index < -0.39 is 12.3 Å². The molecule has 176 valence electrons. The summed E-state index contributed by atoms with van der Waals surface area (Å²) in [6, 6.07) is 11.9. The molecule has 3 N–H and O–H groups in total. The molecule has 1 amide bonds. The summed E-state index contributed by atoms with van der Waals surface area (Å²) in [5.74, 6) is -1.57. The molecule has 6 nitrogen and oxygen atoms in total. The van der Waals surface area contributed by atoms with Crippen LogP contribution in [0.2, 0.25) is 0 Å². The molecular weight excluding hydrogens is 437 g/mol. The van der Waals surface area contributed by atoms with Gasteiger partial charge >= 0.3 is 12.3 Å². The number of amides is 1. The Morgan fingerprint density at radius 3 is 2.48 bits per heavy atom. The second-order valence-electron chi connectivity index (χ2n) is 8.59. The molecule has 1 aliphatic heterocycles. The van der Waals surface area contributed by atoms with E-state index in [-0.39, 0.29) is 47.6 Å². The number of nitrogens with two attached hydrogens (primary N) is 1. The number of aliphatic carboxylic acids is 1. The average Bonchev–Trinajstić information content (AvgIpc) is 3.23. The van der Waals surface area contributed by atoms with Crippen LogP contribution in [-0.2, 0) is 4.79 Å². The standard InChI is InChI=1S/C24H25F3N2O4/c25-24(26,27)33-15-10-8-14(9-11-15)23(32)29-19-6-2-1-4-16(19)22(17-5-3-7-20(17)29)18(28)12-13-21(30)31/h1-2,4,6,8-11,17-18,20,22H,3,5,7,12-13,28H2,(H,30,31). The molecule has 1 fully saturated rings. The van der Waals surface area contributed by atoms with Gasteiger partial charge in [-0.1, -0.05) is 24.6 Å². The summed E-state index contributed by atoms with van der Waals surface area (Å²) in [5.41, 5.74) is 8.38. The molecule has 4 atom stereocenters. The van der Waals surface area contributed by atoms with Gasteiger partial charge < -0.3 is 20.5 Å². The highest BCUT2D eigenvalue weighted by Crippen LogP contribution is 2.50. The number of ether oxygens (including phenoxy) is 1. The smallest absolute Gasteiger partial charge is 0.481 e. The summed E-state index contributed by atoms with van der Waals surface area (Å²) in [6.45, 7) is 0. The maximum Gasteiger partial charge on any atom is 0.573 e. The number of hydrogen-bond donors (Lipinski definition) is 2. The van der Waals surface area contributed by atoms with Crippen molar-refractivity contribution in [2.75, 3.05) is 4.90 Å². The third-order valence-corrected chi connectivity index (χ3v) is 6.59. The number of fused-ring (bicyclic) bond motifs is 2. The molecule has 4 rings (SSSR count). The average molecular weight is 462 g/mol. The van der Waals surface area contributed by atoms with Gasteiger partial charge in [0.1, 0.15) is 5.75 Å². The number of halogens is 3. The predicted molar refractivity (Wildman–Crippen MR) is 115 cm³/mol. The minimum absolute atomic E-state index is 0.0216. The van der Waals surface area contributed by atoms with E-state index >= 15 is 0 Å². The van der Waals surface area contributed by atoms with Crippen molar-refractivity contribution in [1.29, 1.82) is 0 Å². The third kappa shape index (κ3) is 4.83. The number of anilines is 1.